The molecule has 3 heterocycles. The molecule has 8 aromatic rings. The Balaban J connectivity index is 1.12. The summed E-state index contributed by atoms with van der Waals surface area (Å²) in [5.74, 6) is 0.707. The lowest BCUT2D eigenvalue weighted by Crippen LogP contribution is -2.58. The summed E-state index contributed by atoms with van der Waals surface area (Å²) in [5.41, 5.74) is 6.32. The van der Waals surface area contributed by atoms with Crippen molar-refractivity contribution < 1.29 is 28.1 Å². The predicted molar refractivity (Wildman–Crippen MR) is 233 cm³/mol. The predicted octanol–water partition coefficient (Wildman–Crippen LogP) is 11.0. The van der Waals surface area contributed by atoms with Gasteiger partial charge in [-0.05, 0) is 56.3 Å². The molecule has 302 valence electrons. The normalized spacial score (nSPS) is 19.1. The van der Waals surface area contributed by atoms with Crippen LogP contribution < -0.4 is 0 Å². The highest BCUT2D eigenvalue weighted by atomic mass is 32.1. The van der Waals surface area contributed by atoms with E-state index in [1.54, 1.807) is 6.26 Å². The Kier molecular flexibility index (Phi) is 12.9. The molecule has 1 aliphatic rings. The standard InChI is InChI=1S/C51H46N2O6S/c1-5-16-36(17-6-1)31-54-35-45-48(56-32-37-18-7-2-8-19-37)50(58-34-39-22-11-4-12-23-39)49(57-33-38-20-9-3-10-21-38)47(59-45)43-29-40(28-41-24-13-14-25-42(41)43)30-46-52-53-51(60-46)44-26-15-27-55-44/h1-29,45,47-50H,30-35H2. The lowest BCUT2D eigenvalue weighted by atomic mass is 9.87. The smallest absolute Gasteiger partial charge is 0.183 e. The van der Waals surface area contributed by atoms with Crippen LogP contribution in [0.15, 0.2) is 181 Å². The fraction of sp³-hybridized carbons (Fsp3) is 0.216. The number of aromatic nitrogens is 2. The Hall–Kier alpha value is -5.78. The molecule has 0 amide bonds. The summed E-state index contributed by atoms with van der Waals surface area (Å²) in [7, 11) is 0. The highest BCUT2D eigenvalue weighted by Gasteiger charge is 2.49. The molecule has 0 saturated carbocycles. The van der Waals surface area contributed by atoms with Gasteiger partial charge < -0.3 is 28.1 Å². The van der Waals surface area contributed by atoms with Gasteiger partial charge in [-0.15, -0.1) is 10.2 Å². The fourth-order valence-corrected chi connectivity index (χ4v) is 8.62. The van der Waals surface area contributed by atoms with Crippen molar-refractivity contribution in [3.8, 4) is 10.8 Å². The Bertz CT molecular complexity index is 2520. The number of fused-ring (bicyclic) bond motifs is 1. The van der Waals surface area contributed by atoms with Crippen molar-refractivity contribution in [2.45, 2.75) is 63.4 Å². The van der Waals surface area contributed by atoms with Crippen LogP contribution in [-0.4, -0.2) is 41.2 Å². The maximum absolute atomic E-state index is 7.37. The highest BCUT2D eigenvalue weighted by molar-refractivity contribution is 7.14. The Morgan fingerprint density at radius 1 is 0.517 bits per heavy atom. The molecular weight excluding hydrogens is 769 g/mol. The first-order valence-corrected chi connectivity index (χ1v) is 21.2. The van der Waals surface area contributed by atoms with Gasteiger partial charge in [-0.3, -0.25) is 0 Å². The Morgan fingerprint density at radius 2 is 1.08 bits per heavy atom. The Labute approximate surface area is 354 Å². The molecular formula is C51H46N2O6S. The third kappa shape index (κ3) is 9.80. The van der Waals surface area contributed by atoms with E-state index in [1.807, 2.05) is 84.9 Å². The van der Waals surface area contributed by atoms with E-state index in [4.69, 9.17) is 28.1 Å². The van der Waals surface area contributed by atoms with Crippen LogP contribution in [0.4, 0.5) is 0 Å². The number of benzene rings is 6. The fourth-order valence-electron chi connectivity index (χ4n) is 7.78. The monoisotopic (exact) mass is 814 g/mol. The number of furan rings is 1. The van der Waals surface area contributed by atoms with Crippen molar-refractivity contribution in [3.05, 3.63) is 215 Å². The molecule has 0 spiro atoms. The number of ether oxygens (including phenoxy) is 5. The van der Waals surface area contributed by atoms with E-state index < -0.39 is 30.5 Å². The van der Waals surface area contributed by atoms with Crippen LogP contribution in [0.25, 0.3) is 21.5 Å². The SMILES string of the molecule is c1ccc(COCC2OC(c3cc(Cc4nnc(-c5ccco5)s4)cc4ccccc34)C(OCc3ccccc3)C(OCc3ccccc3)C2OCc2ccccc2)cc1. The molecule has 9 rings (SSSR count). The van der Waals surface area contributed by atoms with Crippen LogP contribution >= 0.6 is 11.3 Å². The van der Waals surface area contributed by atoms with Crippen LogP contribution in [0.2, 0.25) is 0 Å². The zero-order chi connectivity index (χ0) is 40.4. The summed E-state index contributed by atoms with van der Waals surface area (Å²) >= 11 is 1.53. The first-order chi connectivity index (χ1) is 29.7. The van der Waals surface area contributed by atoms with Gasteiger partial charge in [-0.1, -0.05) is 169 Å². The molecule has 9 heteroatoms. The second-order valence-electron chi connectivity index (χ2n) is 14.9. The van der Waals surface area contributed by atoms with Crippen molar-refractivity contribution in [2.24, 2.45) is 0 Å². The first-order valence-electron chi connectivity index (χ1n) is 20.3. The molecule has 0 radical (unpaired) electrons. The average Bonchev–Trinajstić information content (AvgIpc) is 4.02. The molecule has 1 saturated heterocycles. The van der Waals surface area contributed by atoms with Gasteiger partial charge in [0.1, 0.15) is 35.5 Å². The quantitative estimate of drug-likeness (QED) is 0.0898. The van der Waals surface area contributed by atoms with Crippen molar-refractivity contribution in [3.63, 3.8) is 0 Å². The number of hydrogen-bond donors (Lipinski definition) is 0. The van der Waals surface area contributed by atoms with E-state index in [-0.39, 0.29) is 6.61 Å². The molecule has 6 aromatic carbocycles. The van der Waals surface area contributed by atoms with E-state index in [0.29, 0.717) is 38.6 Å². The number of nitrogens with zero attached hydrogens (tertiary/aromatic N) is 2. The minimum atomic E-state index is -0.578. The van der Waals surface area contributed by atoms with E-state index in [9.17, 15) is 0 Å². The molecule has 5 atom stereocenters. The molecule has 8 nitrogen and oxygen atoms in total. The van der Waals surface area contributed by atoms with Gasteiger partial charge in [0.25, 0.3) is 0 Å². The van der Waals surface area contributed by atoms with Crippen LogP contribution in [0.5, 0.6) is 0 Å². The van der Waals surface area contributed by atoms with Crippen LogP contribution in [-0.2, 0) is 56.5 Å². The second-order valence-corrected chi connectivity index (χ2v) is 16.0. The zero-order valence-corrected chi connectivity index (χ0v) is 33.9. The van der Waals surface area contributed by atoms with Crippen molar-refractivity contribution in [1.29, 1.82) is 0 Å². The van der Waals surface area contributed by atoms with Crippen molar-refractivity contribution in [2.75, 3.05) is 6.61 Å². The topological polar surface area (TPSA) is 85.1 Å². The van der Waals surface area contributed by atoms with E-state index >= 15 is 0 Å². The van der Waals surface area contributed by atoms with Gasteiger partial charge >= 0.3 is 0 Å². The number of hydrogen-bond acceptors (Lipinski definition) is 9. The van der Waals surface area contributed by atoms with Gasteiger partial charge in [-0.25, -0.2) is 0 Å². The van der Waals surface area contributed by atoms with Gasteiger partial charge in [0.15, 0.2) is 10.8 Å². The summed E-state index contributed by atoms with van der Waals surface area (Å²) in [6.07, 6.45) is -0.513. The highest BCUT2D eigenvalue weighted by Crippen LogP contribution is 2.42. The summed E-state index contributed by atoms with van der Waals surface area (Å²) in [4.78, 5) is 0. The molecule has 60 heavy (non-hydrogen) atoms. The lowest BCUT2D eigenvalue weighted by molar-refractivity contribution is -0.274. The van der Waals surface area contributed by atoms with E-state index in [1.165, 1.54) is 11.3 Å². The third-order valence-corrected chi connectivity index (χ3v) is 11.6. The third-order valence-electron chi connectivity index (χ3n) is 10.7. The molecule has 0 aliphatic carbocycles. The van der Waals surface area contributed by atoms with Gasteiger partial charge in [-0.2, -0.15) is 0 Å². The van der Waals surface area contributed by atoms with Crippen LogP contribution in [0, 0.1) is 0 Å². The van der Waals surface area contributed by atoms with Gasteiger partial charge in [0.05, 0.1) is 39.3 Å². The summed E-state index contributed by atoms with van der Waals surface area (Å²) < 4.78 is 40.6. The maximum Gasteiger partial charge on any atom is 0.183 e. The van der Waals surface area contributed by atoms with E-state index in [2.05, 4.69) is 95.1 Å². The summed E-state index contributed by atoms with van der Waals surface area (Å²) in [5, 5.41) is 12.8. The van der Waals surface area contributed by atoms with Crippen molar-refractivity contribution >= 4 is 22.1 Å². The second kappa shape index (κ2) is 19.5. The molecule has 5 unspecified atom stereocenters. The summed E-state index contributed by atoms with van der Waals surface area (Å²) in [6.45, 7) is 1.79. The summed E-state index contributed by atoms with van der Waals surface area (Å²) in [6, 6.07) is 57.6. The van der Waals surface area contributed by atoms with Gasteiger partial charge in [0, 0.05) is 6.42 Å². The number of rotatable bonds is 17. The molecule has 0 N–H and O–H groups in total. The largest absolute Gasteiger partial charge is 0.462 e. The molecule has 1 fully saturated rings. The van der Waals surface area contributed by atoms with Crippen LogP contribution in [0.3, 0.4) is 0 Å². The Morgan fingerprint density at radius 3 is 1.70 bits per heavy atom. The van der Waals surface area contributed by atoms with E-state index in [0.717, 1.165) is 54.2 Å². The minimum Gasteiger partial charge on any atom is -0.462 e. The molecule has 0 bridgehead atoms. The van der Waals surface area contributed by atoms with Crippen molar-refractivity contribution in [1.82, 2.24) is 10.2 Å². The van der Waals surface area contributed by atoms with Gasteiger partial charge in [0.2, 0.25) is 0 Å². The first kappa shape index (κ1) is 39.7. The lowest BCUT2D eigenvalue weighted by Gasteiger charge is -2.46. The maximum atomic E-state index is 7.37. The average molecular weight is 815 g/mol. The molecule has 2 aromatic heterocycles. The minimum absolute atomic E-state index is 0.277. The van der Waals surface area contributed by atoms with Crippen LogP contribution in [0.1, 0.15) is 44.5 Å². The zero-order valence-electron chi connectivity index (χ0n) is 33.1. The molecule has 1 aliphatic heterocycles.